The molecule has 0 bridgehead atoms. The van der Waals surface area contributed by atoms with Crippen molar-refractivity contribution in [2.24, 2.45) is 0 Å². The fourth-order valence-corrected chi connectivity index (χ4v) is 2.19. The van der Waals surface area contributed by atoms with Crippen LogP contribution in [0.5, 0.6) is 11.5 Å². The molecule has 0 saturated heterocycles. The monoisotopic (exact) mass is 301 g/mol. The van der Waals surface area contributed by atoms with Crippen LogP contribution in [0.25, 0.3) is 0 Å². The van der Waals surface area contributed by atoms with E-state index in [1.54, 1.807) is 12.1 Å². The first-order chi connectivity index (χ1) is 10.5. The lowest BCUT2D eigenvalue weighted by molar-refractivity contribution is 0.0932. The first kappa shape index (κ1) is 14.1. The molecular formula is C16H12FNO4. The number of amides is 1. The summed E-state index contributed by atoms with van der Waals surface area (Å²) in [6, 6.07) is 8.10. The maximum atomic E-state index is 13.3. The quantitative estimate of drug-likeness (QED) is 0.894. The highest BCUT2D eigenvalue weighted by molar-refractivity contribution is 6.06. The van der Waals surface area contributed by atoms with Crippen LogP contribution in [0.4, 0.5) is 10.1 Å². The Kier molecular flexibility index (Phi) is 3.50. The van der Waals surface area contributed by atoms with Crippen molar-refractivity contribution in [2.45, 2.75) is 6.42 Å². The lowest BCUT2D eigenvalue weighted by Crippen LogP contribution is -2.17. The number of phenols is 1. The molecule has 0 radical (unpaired) electrons. The summed E-state index contributed by atoms with van der Waals surface area (Å²) in [4.78, 5) is 23.9. The summed E-state index contributed by atoms with van der Waals surface area (Å²) in [6.45, 7) is 0.352. The van der Waals surface area contributed by atoms with Crippen molar-refractivity contribution >= 4 is 17.4 Å². The molecule has 1 amide bonds. The Hall–Kier alpha value is -2.89. The number of carbonyl (C=O) groups is 2. The fourth-order valence-electron chi connectivity index (χ4n) is 2.19. The number of rotatable bonds is 2. The lowest BCUT2D eigenvalue weighted by atomic mass is 10.0. The maximum Gasteiger partial charge on any atom is 0.255 e. The van der Waals surface area contributed by atoms with E-state index in [9.17, 15) is 14.0 Å². The molecule has 6 heteroatoms. The van der Waals surface area contributed by atoms with Gasteiger partial charge in [-0.1, -0.05) is 0 Å². The van der Waals surface area contributed by atoms with E-state index in [1.165, 1.54) is 12.1 Å². The van der Waals surface area contributed by atoms with Crippen molar-refractivity contribution in [1.29, 1.82) is 0 Å². The molecule has 2 N–H and O–H groups in total. The molecule has 0 unspecified atom stereocenters. The normalized spacial score (nSPS) is 13.2. The minimum absolute atomic E-state index is 0.0481. The molecule has 5 nitrogen and oxygen atoms in total. The Balaban J connectivity index is 1.83. The van der Waals surface area contributed by atoms with Crippen molar-refractivity contribution in [2.75, 3.05) is 11.9 Å². The van der Waals surface area contributed by atoms with Gasteiger partial charge in [0.05, 0.1) is 12.2 Å². The van der Waals surface area contributed by atoms with Crippen molar-refractivity contribution in [1.82, 2.24) is 0 Å². The van der Waals surface area contributed by atoms with Crippen LogP contribution in [-0.2, 0) is 0 Å². The van der Waals surface area contributed by atoms with Crippen molar-refractivity contribution in [3.63, 3.8) is 0 Å². The Morgan fingerprint density at radius 3 is 2.82 bits per heavy atom. The van der Waals surface area contributed by atoms with E-state index in [0.717, 1.165) is 12.1 Å². The van der Waals surface area contributed by atoms with Crippen molar-refractivity contribution < 1.29 is 23.8 Å². The third-order valence-electron chi connectivity index (χ3n) is 3.33. The Bertz CT molecular complexity index is 773. The zero-order chi connectivity index (χ0) is 15.7. The van der Waals surface area contributed by atoms with Gasteiger partial charge in [-0.05, 0) is 36.4 Å². The third-order valence-corrected chi connectivity index (χ3v) is 3.33. The number of fused-ring (bicyclic) bond motifs is 1. The van der Waals surface area contributed by atoms with Gasteiger partial charge in [0, 0.05) is 17.7 Å². The zero-order valence-electron chi connectivity index (χ0n) is 11.4. The molecule has 2 aromatic carbocycles. The highest BCUT2D eigenvalue weighted by Gasteiger charge is 2.19. The highest BCUT2D eigenvalue weighted by Crippen LogP contribution is 2.28. The molecule has 22 heavy (non-hydrogen) atoms. The van der Waals surface area contributed by atoms with Gasteiger partial charge in [0.25, 0.3) is 5.91 Å². The van der Waals surface area contributed by atoms with Gasteiger partial charge < -0.3 is 15.2 Å². The van der Waals surface area contributed by atoms with Crippen LogP contribution in [0, 0.1) is 5.82 Å². The van der Waals surface area contributed by atoms with Gasteiger partial charge in [-0.25, -0.2) is 4.39 Å². The number of halogens is 1. The van der Waals surface area contributed by atoms with Gasteiger partial charge in [0.1, 0.15) is 5.75 Å². The van der Waals surface area contributed by atoms with Crippen LogP contribution in [0.15, 0.2) is 36.4 Å². The van der Waals surface area contributed by atoms with Crippen molar-refractivity contribution in [3.8, 4) is 11.5 Å². The molecule has 0 aliphatic carbocycles. The lowest BCUT2D eigenvalue weighted by Gasteiger charge is -2.17. The summed E-state index contributed by atoms with van der Waals surface area (Å²) < 4.78 is 18.6. The summed E-state index contributed by atoms with van der Waals surface area (Å²) in [5.41, 5.74) is 0.896. The molecule has 1 aliphatic heterocycles. The summed E-state index contributed by atoms with van der Waals surface area (Å²) in [5.74, 6) is -1.49. The SMILES string of the molecule is O=C(Nc1ccc2c(c1)C(=O)CCO2)c1ccc(O)c(F)c1. The molecule has 0 aromatic heterocycles. The number of carbonyl (C=O) groups excluding carboxylic acids is 2. The van der Waals surface area contributed by atoms with Crippen LogP contribution in [0.2, 0.25) is 0 Å². The first-order valence-corrected chi connectivity index (χ1v) is 6.64. The molecule has 1 aliphatic rings. The Morgan fingerprint density at radius 2 is 2.05 bits per heavy atom. The molecule has 3 rings (SSSR count). The number of ether oxygens (including phenoxy) is 1. The number of aromatic hydroxyl groups is 1. The van der Waals surface area contributed by atoms with Crippen LogP contribution < -0.4 is 10.1 Å². The van der Waals surface area contributed by atoms with E-state index < -0.39 is 17.5 Å². The molecule has 0 spiro atoms. The maximum absolute atomic E-state index is 13.3. The summed E-state index contributed by atoms with van der Waals surface area (Å²) in [5, 5.41) is 11.7. The van der Waals surface area contributed by atoms with E-state index in [1.807, 2.05) is 0 Å². The van der Waals surface area contributed by atoms with Gasteiger partial charge in [-0.3, -0.25) is 9.59 Å². The number of nitrogens with one attached hydrogen (secondary N) is 1. The largest absolute Gasteiger partial charge is 0.505 e. The summed E-state index contributed by atoms with van der Waals surface area (Å²) in [6.07, 6.45) is 0.299. The molecular weight excluding hydrogens is 289 g/mol. The number of ketones is 1. The fraction of sp³-hybridized carbons (Fsp3) is 0.125. The smallest absolute Gasteiger partial charge is 0.255 e. The van der Waals surface area contributed by atoms with Gasteiger partial charge in [-0.2, -0.15) is 0 Å². The minimum Gasteiger partial charge on any atom is -0.505 e. The summed E-state index contributed by atoms with van der Waals surface area (Å²) in [7, 11) is 0. The van der Waals surface area contributed by atoms with E-state index in [2.05, 4.69) is 5.32 Å². The van der Waals surface area contributed by atoms with Crippen LogP contribution >= 0.6 is 0 Å². The molecule has 0 fully saturated rings. The van der Waals surface area contributed by atoms with E-state index in [0.29, 0.717) is 30.0 Å². The van der Waals surface area contributed by atoms with E-state index in [4.69, 9.17) is 9.84 Å². The number of Topliss-reactive ketones (excluding diaryl/α,β-unsaturated/α-hetero) is 1. The molecule has 0 atom stereocenters. The van der Waals surface area contributed by atoms with Crippen LogP contribution in [0.3, 0.4) is 0 Å². The third kappa shape index (κ3) is 2.63. The van der Waals surface area contributed by atoms with E-state index >= 15 is 0 Å². The Morgan fingerprint density at radius 1 is 1.23 bits per heavy atom. The number of phenolic OH excluding ortho intramolecular Hbond substituents is 1. The molecule has 112 valence electrons. The van der Waals surface area contributed by atoms with Gasteiger partial charge in [0.2, 0.25) is 0 Å². The molecule has 0 saturated carbocycles. The molecule has 2 aromatic rings. The first-order valence-electron chi connectivity index (χ1n) is 6.64. The molecule has 1 heterocycles. The van der Waals surface area contributed by atoms with Gasteiger partial charge in [0.15, 0.2) is 17.3 Å². The van der Waals surface area contributed by atoms with E-state index in [-0.39, 0.29) is 11.3 Å². The number of hydrogen-bond donors (Lipinski definition) is 2. The minimum atomic E-state index is -0.873. The number of benzene rings is 2. The highest BCUT2D eigenvalue weighted by atomic mass is 19.1. The number of anilines is 1. The predicted molar refractivity (Wildman–Crippen MR) is 76.9 cm³/mol. The second-order valence-corrected chi connectivity index (χ2v) is 4.85. The van der Waals surface area contributed by atoms with Crippen LogP contribution in [0.1, 0.15) is 27.1 Å². The van der Waals surface area contributed by atoms with Gasteiger partial charge >= 0.3 is 0 Å². The second-order valence-electron chi connectivity index (χ2n) is 4.85. The average molecular weight is 301 g/mol. The predicted octanol–water partition coefficient (Wildman–Crippen LogP) is 2.75. The van der Waals surface area contributed by atoms with Crippen LogP contribution in [-0.4, -0.2) is 23.4 Å². The standard InChI is InChI=1S/C16H12FNO4/c17-12-7-9(1-3-14(12)20)16(21)18-10-2-4-15-11(8-10)13(19)5-6-22-15/h1-4,7-8,20H,5-6H2,(H,18,21). The topological polar surface area (TPSA) is 75.6 Å². The Labute approximate surface area is 125 Å². The summed E-state index contributed by atoms with van der Waals surface area (Å²) >= 11 is 0. The van der Waals surface area contributed by atoms with Gasteiger partial charge in [-0.15, -0.1) is 0 Å². The zero-order valence-corrected chi connectivity index (χ0v) is 11.4. The van der Waals surface area contributed by atoms with Crippen molar-refractivity contribution in [3.05, 3.63) is 53.3 Å². The second kappa shape index (κ2) is 5.48. The number of hydrogen-bond acceptors (Lipinski definition) is 4. The average Bonchev–Trinajstić information content (AvgIpc) is 2.51.